The summed E-state index contributed by atoms with van der Waals surface area (Å²) in [6, 6.07) is 0. The van der Waals surface area contributed by atoms with E-state index in [9.17, 15) is 4.79 Å². The van der Waals surface area contributed by atoms with Crippen molar-refractivity contribution < 1.29 is 4.79 Å². The maximum atomic E-state index is 12.8. The molecule has 0 saturated heterocycles. The van der Waals surface area contributed by atoms with Crippen molar-refractivity contribution in [1.82, 2.24) is 9.97 Å². The minimum absolute atomic E-state index is 0.122. The topological polar surface area (TPSA) is 54.9 Å². The van der Waals surface area contributed by atoms with Crippen LogP contribution in [0.3, 0.4) is 0 Å². The lowest BCUT2D eigenvalue weighted by Crippen LogP contribution is -2.25. The van der Waals surface area contributed by atoms with E-state index < -0.39 is 0 Å². The third-order valence-electron chi connectivity index (χ3n) is 4.60. The van der Waals surface area contributed by atoms with E-state index in [0.29, 0.717) is 17.9 Å². The molecule has 0 unspecified atom stereocenters. The molecular formula is C22H29N3O. The van der Waals surface area contributed by atoms with Crippen LogP contribution in [0.5, 0.6) is 0 Å². The third-order valence-corrected chi connectivity index (χ3v) is 4.60. The van der Waals surface area contributed by atoms with Crippen LogP contribution in [-0.4, -0.2) is 15.8 Å². The Bertz CT molecular complexity index is 811. The number of nitrogens with one attached hydrogen (secondary N) is 1. The molecule has 26 heavy (non-hydrogen) atoms. The predicted octanol–water partition coefficient (Wildman–Crippen LogP) is 5.33. The van der Waals surface area contributed by atoms with Crippen molar-refractivity contribution in [3.8, 4) is 0 Å². The van der Waals surface area contributed by atoms with Gasteiger partial charge in [-0.2, -0.15) is 0 Å². The number of aromatic nitrogens is 2. The van der Waals surface area contributed by atoms with E-state index in [4.69, 9.17) is 0 Å². The maximum absolute atomic E-state index is 12.8. The first-order valence-corrected chi connectivity index (χ1v) is 9.09. The largest absolute Gasteiger partial charge is 0.328 e. The van der Waals surface area contributed by atoms with Crippen molar-refractivity contribution in [3.05, 3.63) is 64.7 Å². The van der Waals surface area contributed by atoms with Crippen LogP contribution >= 0.6 is 0 Å². The first-order valence-electron chi connectivity index (χ1n) is 9.09. The molecule has 0 aromatic carbocycles. The average molecular weight is 351 g/mol. The lowest BCUT2D eigenvalue weighted by molar-refractivity contribution is 0.0955. The number of hydrogen-bond acceptors (Lipinski definition) is 4. The van der Waals surface area contributed by atoms with Crippen LogP contribution in [0.1, 0.15) is 62.3 Å². The van der Waals surface area contributed by atoms with Gasteiger partial charge >= 0.3 is 0 Å². The zero-order valence-electron chi connectivity index (χ0n) is 16.6. The molecule has 138 valence electrons. The van der Waals surface area contributed by atoms with Gasteiger partial charge in [0, 0.05) is 12.1 Å². The predicted molar refractivity (Wildman–Crippen MR) is 108 cm³/mol. The van der Waals surface area contributed by atoms with E-state index >= 15 is 0 Å². The molecule has 0 saturated carbocycles. The summed E-state index contributed by atoms with van der Waals surface area (Å²) in [5, 5.41) is 3.14. The molecule has 0 fully saturated rings. The number of carbonyl (C=O) groups is 1. The van der Waals surface area contributed by atoms with Crippen molar-refractivity contribution in [2.45, 2.75) is 53.9 Å². The highest BCUT2D eigenvalue weighted by atomic mass is 16.1. The Morgan fingerprint density at radius 1 is 1.19 bits per heavy atom. The number of allylic oxidation sites excluding steroid dienone is 6. The molecule has 1 aromatic heterocycles. The average Bonchev–Trinajstić information content (AvgIpc) is 2.53. The van der Waals surface area contributed by atoms with E-state index in [2.05, 4.69) is 48.4 Å². The summed E-state index contributed by atoms with van der Waals surface area (Å²) in [4.78, 5) is 21.9. The molecule has 1 aliphatic carbocycles. The van der Waals surface area contributed by atoms with E-state index in [-0.39, 0.29) is 11.7 Å². The third kappa shape index (κ3) is 4.57. The Morgan fingerprint density at radius 2 is 1.88 bits per heavy atom. The van der Waals surface area contributed by atoms with Crippen LogP contribution in [-0.2, 0) is 6.42 Å². The summed E-state index contributed by atoms with van der Waals surface area (Å²) in [5.74, 6) is 0.780. The smallest absolute Gasteiger partial charge is 0.227 e. The normalized spacial score (nSPS) is 16.3. The number of fused-ring (bicyclic) bond motifs is 1. The number of anilines is 1. The van der Waals surface area contributed by atoms with Gasteiger partial charge in [-0.25, -0.2) is 9.97 Å². The molecule has 1 aliphatic rings. The fourth-order valence-corrected chi connectivity index (χ4v) is 3.24. The summed E-state index contributed by atoms with van der Waals surface area (Å²) in [6.07, 6.45) is 6.12. The van der Waals surface area contributed by atoms with Gasteiger partial charge in [-0.05, 0) is 52.0 Å². The summed E-state index contributed by atoms with van der Waals surface area (Å²) in [6.45, 7) is 17.9. The van der Waals surface area contributed by atoms with Crippen molar-refractivity contribution in [3.63, 3.8) is 0 Å². The SMILES string of the molecule is C=C(C)/C=C\C(=C(C)C)[C@@H]1CC(=O)c2c(C)nc(NC(=C)CC)nc2C1. The highest BCUT2D eigenvalue weighted by molar-refractivity contribution is 5.99. The summed E-state index contributed by atoms with van der Waals surface area (Å²) < 4.78 is 0. The van der Waals surface area contributed by atoms with Crippen molar-refractivity contribution in [2.24, 2.45) is 5.92 Å². The number of hydrogen-bond donors (Lipinski definition) is 1. The van der Waals surface area contributed by atoms with E-state index in [1.165, 1.54) is 11.1 Å². The number of aryl methyl sites for hydroxylation is 1. The molecule has 1 aromatic rings. The highest BCUT2D eigenvalue weighted by Gasteiger charge is 2.30. The molecule has 0 bridgehead atoms. The molecule has 0 spiro atoms. The fraction of sp³-hybridized carbons (Fsp3) is 0.409. The minimum atomic E-state index is 0.122. The van der Waals surface area contributed by atoms with Crippen molar-refractivity contribution >= 4 is 11.7 Å². The molecule has 4 heteroatoms. The van der Waals surface area contributed by atoms with Gasteiger partial charge in [-0.3, -0.25) is 4.79 Å². The number of nitrogens with zero attached hydrogens (tertiary/aromatic N) is 2. The second kappa shape index (κ2) is 8.26. The second-order valence-corrected chi connectivity index (χ2v) is 7.20. The van der Waals surface area contributed by atoms with Crippen LogP contribution in [0, 0.1) is 12.8 Å². The van der Waals surface area contributed by atoms with Gasteiger partial charge in [-0.15, -0.1) is 0 Å². The van der Waals surface area contributed by atoms with Gasteiger partial charge in [0.15, 0.2) is 5.78 Å². The van der Waals surface area contributed by atoms with Gasteiger partial charge in [0.2, 0.25) is 5.95 Å². The number of rotatable bonds is 6. The van der Waals surface area contributed by atoms with Crippen LogP contribution in [0.15, 0.2) is 47.7 Å². The molecule has 2 rings (SSSR count). The van der Waals surface area contributed by atoms with Crippen LogP contribution in [0.4, 0.5) is 5.95 Å². The number of Topliss-reactive ketones (excluding diaryl/α,β-unsaturated/α-hetero) is 1. The van der Waals surface area contributed by atoms with Crippen LogP contribution < -0.4 is 5.32 Å². The van der Waals surface area contributed by atoms with Gasteiger partial charge in [0.25, 0.3) is 0 Å². The molecule has 1 atom stereocenters. The van der Waals surface area contributed by atoms with Crippen LogP contribution in [0.25, 0.3) is 0 Å². The Hall–Kier alpha value is -2.49. The first-order chi connectivity index (χ1) is 12.2. The Morgan fingerprint density at radius 3 is 2.46 bits per heavy atom. The summed E-state index contributed by atoms with van der Waals surface area (Å²) in [7, 11) is 0. The molecule has 4 nitrogen and oxygen atoms in total. The van der Waals surface area contributed by atoms with Gasteiger partial charge < -0.3 is 5.32 Å². The van der Waals surface area contributed by atoms with E-state index in [1.807, 2.05) is 26.8 Å². The van der Waals surface area contributed by atoms with Gasteiger partial charge in [0.1, 0.15) is 0 Å². The second-order valence-electron chi connectivity index (χ2n) is 7.20. The minimum Gasteiger partial charge on any atom is -0.328 e. The van der Waals surface area contributed by atoms with Crippen LogP contribution in [0.2, 0.25) is 0 Å². The molecule has 1 heterocycles. The molecular weight excluding hydrogens is 322 g/mol. The number of carbonyl (C=O) groups excluding carboxylic acids is 1. The molecule has 0 aliphatic heterocycles. The first kappa shape index (κ1) is 19.8. The zero-order chi connectivity index (χ0) is 19.4. The molecule has 1 N–H and O–H groups in total. The highest BCUT2D eigenvalue weighted by Crippen LogP contribution is 2.33. The lowest BCUT2D eigenvalue weighted by atomic mass is 9.79. The quantitative estimate of drug-likeness (QED) is 0.703. The molecule has 0 amide bonds. The van der Waals surface area contributed by atoms with E-state index in [1.54, 1.807) is 0 Å². The van der Waals surface area contributed by atoms with Gasteiger partial charge in [-0.1, -0.05) is 43.4 Å². The lowest BCUT2D eigenvalue weighted by Gasteiger charge is -2.26. The summed E-state index contributed by atoms with van der Waals surface area (Å²) >= 11 is 0. The number of ketones is 1. The van der Waals surface area contributed by atoms with Crippen molar-refractivity contribution in [1.29, 1.82) is 0 Å². The Kier molecular flexibility index (Phi) is 6.30. The fourth-order valence-electron chi connectivity index (χ4n) is 3.24. The standard InChI is InChI=1S/C22H29N3O/c1-8-15(6)23-22-24-16(7)21-19(25-22)11-17(12-20(21)26)18(14(4)5)10-9-13(2)3/h9-10,17H,2,6,8,11-12H2,1,3-5,7H3,(H,23,24,25)/b10-9-/t17-/m0/s1. The Labute approximate surface area is 156 Å². The van der Waals surface area contributed by atoms with E-state index in [0.717, 1.165) is 35.5 Å². The summed E-state index contributed by atoms with van der Waals surface area (Å²) in [5.41, 5.74) is 6.51. The van der Waals surface area contributed by atoms with Gasteiger partial charge in [0.05, 0.1) is 17.0 Å². The molecule has 0 radical (unpaired) electrons. The Balaban J connectivity index is 2.41. The maximum Gasteiger partial charge on any atom is 0.227 e. The zero-order valence-corrected chi connectivity index (χ0v) is 16.6. The van der Waals surface area contributed by atoms with Crippen molar-refractivity contribution in [2.75, 3.05) is 5.32 Å². The monoisotopic (exact) mass is 351 g/mol.